The molecule has 1 atom stereocenters. The summed E-state index contributed by atoms with van der Waals surface area (Å²) >= 11 is 0. The quantitative estimate of drug-likeness (QED) is 0.595. The molecule has 18 heavy (non-hydrogen) atoms. The van der Waals surface area contributed by atoms with Gasteiger partial charge in [0, 0.05) is 5.56 Å². The SMILES string of the molecule is CC(=O)c1cccc(OC(C)C(=O)OC(C)C)c1. The molecule has 0 N–H and O–H groups in total. The second kappa shape index (κ2) is 6.19. The third-order valence-corrected chi connectivity index (χ3v) is 2.24. The number of esters is 1. The first-order valence-electron chi connectivity index (χ1n) is 5.88. The van der Waals surface area contributed by atoms with E-state index in [9.17, 15) is 9.59 Å². The van der Waals surface area contributed by atoms with Crippen molar-refractivity contribution < 1.29 is 19.1 Å². The Bertz CT molecular complexity index is 437. The van der Waals surface area contributed by atoms with E-state index in [4.69, 9.17) is 9.47 Å². The Hall–Kier alpha value is -1.84. The van der Waals surface area contributed by atoms with E-state index in [1.54, 1.807) is 45.0 Å². The number of hydrogen-bond donors (Lipinski definition) is 0. The molecule has 0 spiro atoms. The summed E-state index contributed by atoms with van der Waals surface area (Å²) in [7, 11) is 0. The first kappa shape index (κ1) is 14.2. The fraction of sp³-hybridized carbons (Fsp3) is 0.429. The Morgan fingerprint density at radius 3 is 2.39 bits per heavy atom. The molecule has 4 heteroatoms. The average molecular weight is 250 g/mol. The van der Waals surface area contributed by atoms with Crippen LogP contribution >= 0.6 is 0 Å². The fourth-order valence-electron chi connectivity index (χ4n) is 1.37. The molecule has 0 saturated carbocycles. The highest BCUT2D eigenvalue weighted by Gasteiger charge is 2.17. The summed E-state index contributed by atoms with van der Waals surface area (Å²) in [5.41, 5.74) is 0.553. The van der Waals surface area contributed by atoms with Crippen LogP contribution in [0.1, 0.15) is 38.1 Å². The van der Waals surface area contributed by atoms with Crippen LogP contribution in [0, 0.1) is 0 Å². The van der Waals surface area contributed by atoms with Crippen LogP contribution in [0.5, 0.6) is 5.75 Å². The van der Waals surface area contributed by atoms with E-state index in [1.807, 2.05) is 0 Å². The second-order valence-electron chi connectivity index (χ2n) is 4.33. The molecule has 0 saturated heterocycles. The molecule has 0 aliphatic heterocycles. The van der Waals surface area contributed by atoms with Gasteiger partial charge >= 0.3 is 5.97 Å². The van der Waals surface area contributed by atoms with Crippen molar-refractivity contribution in [2.45, 2.75) is 39.9 Å². The van der Waals surface area contributed by atoms with E-state index in [0.717, 1.165) is 0 Å². The van der Waals surface area contributed by atoms with Crippen LogP contribution in [-0.4, -0.2) is 24.0 Å². The topological polar surface area (TPSA) is 52.6 Å². The first-order chi connectivity index (χ1) is 8.40. The highest BCUT2D eigenvalue weighted by atomic mass is 16.6. The summed E-state index contributed by atoms with van der Waals surface area (Å²) in [6.45, 7) is 6.66. The van der Waals surface area contributed by atoms with Crippen molar-refractivity contribution in [3.05, 3.63) is 29.8 Å². The Labute approximate surface area is 107 Å². The van der Waals surface area contributed by atoms with Crippen molar-refractivity contribution in [2.75, 3.05) is 0 Å². The van der Waals surface area contributed by atoms with Gasteiger partial charge in [-0.15, -0.1) is 0 Å². The van der Waals surface area contributed by atoms with Gasteiger partial charge in [-0.2, -0.15) is 0 Å². The van der Waals surface area contributed by atoms with Crippen molar-refractivity contribution >= 4 is 11.8 Å². The highest BCUT2D eigenvalue weighted by molar-refractivity contribution is 5.94. The van der Waals surface area contributed by atoms with Gasteiger partial charge in [0.2, 0.25) is 0 Å². The van der Waals surface area contributed by atoms with Gasteiger partial charge in [0.25, 0.3) is 0 Å². The van der Waals surface area contributed by atoms with Gasteiger partial charge < -0.3 is 9.47 Å². The zero-order chi connectivity index (χ0) is 13.7. The van der Waals surface area contributed by atoms with Gasteiger partial charge in [0.1, 0.15) is 5.75 Å². The zero-order valence-corrected chi connectivity index (χ0v) is 11.1. The van der Waals surface area contributed by atoms with Gasteiger partial charge in [0.15, 0.2) is 11.9 Å². The van der Waals surface area contributed by atoms with Crippen molar-refractivity contribution in [3.8, 4) is 5.75 Å². The number of hydrogen-bond acceptors (Lipinski definition) is 4. The third kappa shape index (κ3) is 4.20. The summed E-state index contributed by atoms with van der Waals surface area (Å²) in [6, 6.07) is 6.73. The molecule has 1 unspecified atom stereocenters. The van der Waals surface area contributed by atoms with E-state index in [2.05, 4.69) is 0 Å². The lowest BCUT2D eigenvalue weighted by Crippen LogP contribution is -2.28. The summed E-state index contributed by atoms with van der Waals surface area (Å²) in [4.78, 5) is 22.8. The number of carbonyl (C=O) groups excluding carboxylic acids is 2. The van der Waals surface area contributed by atoms with Crippen LogP contribution in [0.4, 0.5) is 0 Å². The molecule has 0 fully saturated rings. The number of ketones is 1. The van der Waals surface area contributed by atoms with Gasteiger partial charge in [-0.05, 0) is 39.8 Å². The molecule has 0 aromatic heterocycles. The lowest BCUT2D eigenvalue weighted by atomic mass is 10.1. The summed E-state index contributed by atoms with van der Waals surface area (Å²) in [5, 5.41) is 0. The fourth-order valence-corrected chi connectivity index (χ4v) is 1.37. The number of carbonyl (C=O) groups is 2. The minimum absolute atomic E-state index is 0.0436. The Morgan fingerprint density at radius 2 is 1.83 bits per heavy atom. The summed E-state index contributed by atoms with van der Waals surface area (Å²) in [6.07, 6.45) is -0.873. The van der Waals surface area contributed by atoms with Crippen LogP contribution in [0.3, 0.4) is 0 Å². The average Bonchev–Trinajstić information content (AvgIpc) is 2.28. The van der Waals surface area contributed by atoms with Crippen molar-refractivity contribution in [1.29, 1.82) is 0 Å². The maximum atomic E-state index is 11.6. The van der Waals surface area contributed by atoms with E-state index in [1.165, 1.54) is 6.92 Å². The highest BCUT2D eigenvalue weighted by Crippen LogP contribution is 2.16. The predicted octanol–water partition coefficient (Wildman–Crippen LogP) is 2.61. The maximum absolute atomic E-state index is 11.6. The zero-order valence-electron chi connectivity index (χ0n) is 11.1. The van der Waals surface area contributed by atoms with E-state index in [-0.39, 0.29) is 11.9 Å². The van der Waals surface area contributed by atoms with E-state index in [0.29, 0.717) is 11.3 Å². The van der Waals surface area contributed by atoms with Crippen molar-refractivity contribution in [3.63, 3.8) is 0 Å². The van der Waals surface area contributed by atoms with Gasteiger partial charge in [-0.1, -0.05) is 12.1 Å². The molecule has 0 aliphatic rings. The molecule has 1 rings (SSSR count). The summed E-state index contributed by atoms with van der Waals surface area (Å²) < 4.78 is 10.5. The molecule has 0 amide bonds. The molecule has 98 valence electrons. The standard InChI is InChI=1S/C14H18O4/c1-9(2)17-14(16)11(4)18-13-7-5-6-12(8-13)10(3)15/h5-9,11H,1-4H3. The van der Waals surface area contributed by atoms with E-state index >= 15 is 0 Å². The molecule has 1 aromatic carbocycles. The minimum Gasteiger partial charge on any atom is -0.479 e. The minimum atomic E-state index is -0.699. The number of benzene rings is 1. The van der Waals surface area contributed by atoms with Crippen LogP contribution in [0.15, 0.2) is 24.3 Å². The number of rotatable bonds is 5. The maximum Gasteiger partial charge on any atom is 0.347 e. The van der Waals surface area contributed by atoms with Crippen LogP contribution in [0.25, 0.3) is 0 Å². The van der Waals surface area contributed by atoms with Gasteiger partial charge in [-0.25, -0.2) is 4.79 Å². The first-order valence-corrected chi connectivity index (χ1v) is 5.88. The summed E-state index contributed by atoms with van der Waals surface area (Å²) in [5.74, 6) is 0.0204. The Balaban J connectivity index is 2.69. The monoisotopic (exact) mass is 250 g/mol. The van der Waals surface area contributed by atoms with Crippen LogP contribution in [-0.2, 0) is 9.53 Å². The molecule has 0 bridgehead atoms. The van der Waals surface area contributed by atoms with Gasteiger partial charge in [-0.3, -0.25) is 4.79 Å². The molecular formula is C14H18O4. The lowest BCUT2D eigenvalue weighted by Gasteiger charge is -2.16. The predicted molar refractivity (Wildman–Crippen MR) is 67.8 cm³/mol. The molecular weight excluding hydrogens is 232 g/mol. The number of Topliss-reactive ketones (excluding diaryl/α,β-unsaturated/α-hetero) is 1. The molecule has 0 radical (unpaired) electrons. The molecule has 1 aromatic rings. The third-order valence-electron chi connectivity index (χ3n) is 2.24. The van der Waals surface area contributed by atoms with E-state index < -0.39 is 12.1 Å². The lowest BCUT2D eigenvalue weighted by molar-refractivity contribution is -0.154. The van der Waals surface area contributed by atoms with Gasteiger partial charge in [0.05, 0.1) is 6.10 Å². The Morgan fingerprint density at radius 1 is 1.17 bits per heavy atom. The van der Waals surface area contributed by atoms with Crippen molar-refractivity contribution in [1.82, 2.24) is 0 Å². The molecule has 0 aliphatic carbocycles. The molecule has 4 nitrogen and oxygen atoms in total. The van der Waals surface area contributed by atoms with Crippen LogP contribution < -0.4 is 4.74 Å². The Kier molecular flexibility index (Phi) is 4.89. The smallest absolute Gasteiger partial charge is 0.347 e. The molecule has 0 heterocycles. The normalized spacial score (nSPS) is 12.1. The van der Waals surface area contributed by atoms with Crippen LogP contribution in [0.2, 0.25) is 0 Å². The number of ether oxygens (including phenoxy) is 2. The second-order valence-corrected chi connectivity index (χ2v) is 4.33. The van der Waals surface area contributed by atoms with Crippen molar-refractivity contribution in [2.24, 2.45) is 0 Å². The largest absolute Gasteiger partial charge is 0.479 e.